The van der Waals surface area contributed by atoms with Crippen molar-refractivity contribution in [3.05, 3.63) is 193 Å². The number of aromatic nitrogens is 1. The smallest absolute Gasteiger partial charge is 0.165 e. The van der Waals surface area contributed by atoms with Crippen molar-refractivity contribution in [3.8, 4) is 29.1 Å². The van der Waals surface area contributed by atoms with Crippen LogP contribution >= 0.6 is 43.2 Å². The first kappa shape index (κ1) is 67.7. The Morgan fingerprint density at radius 2 is 1.44 bits per heavy atom. The number of aromatic amines is 1. The van der Waals surface area contributed by atoms with Gasteiger partial charge < -0.3 is 51.8 Å². The Kier molecular flexibility index (Phi) is 20.5. The number of hydrogen-bond acceptors (Lipinski definition) is 15. The molecule has 20 bridgehead atoms. The molecule has 11 N–H and O–H groups in total. The molecule has 1 spiro atoms. The van der Waals surface area contributed by atoms with Crippen molar-refractivity contribution in [1.29, 1.82) is 0 Å². The van der Waals surface area contributed by atoms with Gasteiger partial charge in [-0.05, 0) is 229 Å². The molecule has 6 aromatic rings. The van der Waals surface area contributed by atoms with Crippen molar-refractivity contribution >= 4 is 54.7 Å². The average Bonchev–Trinajstić information content (AvgIpc) is 1.51. The lowest BCUT2D eigenvalue weighted by molar-refractivity contribution is -0.149. The minimum absolute atomic E-state index is 0.0181. The summed E-state index contributed by atoms with van der Waals surface area (Å²) in [5, 5.41) is 75.4. The molecular formula is C80H93N3O9S4. The van der Waals surface area contributed by atoms with E-state index in [2.05, 4.69) is 71.4 Å². The largest absolute Gasteiger partial charge is 0.508 e. The number of carbonyl (C=O) groups is 2. The predicted molar refractivity (Wildman–Crippen MR) is 387 cm³/mol. The number of phenolic OH excluding ortho intramolecular Hbond substituents is 2. The SMILES string of the molecule is NC(N)c1cc2c3cc1CSSCC1CC4(C=CC(=O)CCc5ccc(O)c(c5)OCCc5ccc(O)c(c5)C3CC(=O)c3cc[nH]c3CC#C2)CCC2CC3(O)CC5CCCC(CCc6ccc(cc6)CCc6ccc7c(c6)CC2C(C5)C(CSSCC1(O)C4)C7CO)C3O. The summed E-state index contributed by atoms with van der Waals surface area (Å²) in [6.07, 6.45) is 17.0. The number of benzene rings is 5. The van der Waals surface area contributed by atoms with Gasteiger partial charge in [0.1, 0.15) is 5.75 Å². The fraction of sp³-hybridized carbons (Fsp3) is 0.500. The summed E-state index contributed by atoms with van der Waals surface area (Å²) in [4.78, 5) is 32.4. The van der Waals surface area contributed by atoms with Crippen LogP contribution in [0, 0.1) is 58.7 Å². The second-order valence-corrected chi connectivity index (χ2v) is 34.9. The van der Waals surface area contributed by atoms with Crippen LogP contribution in [0.25, 0.3) is 0 Å². The summed E-state index contributed by atoms with van der Waals surface area (Å²) >= 11 is 0. The van der Waals surface area contributed by atoms with Gasteiger partial charge in [0.2, 0.25) is 0 Å². The van der Waals surface area contributed by atoms with Crippen LogP contribution in [0.1, 0.15) is 184 Å². The highest BCUT2D eigenvalue weighted by Crippen LogP contribution is 2.60. The van der Waals surface area contributed by atoms with Crippen LogP contribution in [-0.2, 0) is 55.5 Å². The van der Waals surface area contributed by atoms with Crippen molar-refractivity contribution in [3.63, 3.8) is 0 Å². The fourth-order valence-corrected chi connectivity index (χ4v) is 24.3. The summed E-state index contributed by atoms with van der Waals surface area (Å²) in [7, 11) is 6.97. The Morgan fingerprint density at radius 1 is 0.677 bits per heavy atom. The number of ketones is 2. The topological polar surface area (TPSA) is 233 Å². The number of aryl methyl sites for hydroxylation is 4. The number of carbonyl (C=O) groups excluding carboxylic acids is 2. The van der Waals surface area contributed by atoms with E-state index in [1.807, 2.05) is 35.1 Å². The number of hydrogen-bond donors (Lipinski definition) is 9. The van der Waals surface area contributed by atoms with E-state index in [1.165, 1.54) is 27.8 Å². The third-order valence-corrected chi connectivity index (χ3v) is 28.8. The quantitative estimate of drug-likeness (QED) is 0.0446. The molecule has 9 aliphatic rings. The van der Waals surface area contributed by atoms with Gasteiger partial charge in [-0.2, -0.15) is 0 Å². The molecule has 12 nitrogen and oxygen atoms in total. The van der Waals surface area contributed by atoms with Gasteiger partial charge in [0, 0.05) is 82.7 Å². The minimum atomic E-state index is -1.32. The van der Waals surface area contributed by atoms with E-state index in [1.54, 1.807) is 68.9 Å². The lowest BCUT2D eigenvalue weighted by Gasteiger charge is -2.50. The van der Waals surface area contributed by atoms with E-state index in [-0.39, 0.29) is 96.5 Å². The first-order chi connectivity index (χ1) is 46.5. The van der Waals surface area contributed by atoms with Gasteiger partial charge >= 0.3 is 0 Å². The lowest BCUT2D eigenvalue weighted by Crippen LogP contribution is -2.53. The fourth-order valence-electron chi connectivity index (χ4n) is 18.7. The summed E-state index contributed by atoms with van der Waals surface area (Å²) in [5.41, 5.74) is 23.3. The van der Waals surface area contributed by atoms with Crippen molar-refractivity contribution in [2.45, 2.75) is 169 Å². The van der Waals surface area contributed by atoms with Crippen LogP contribution in [-0.4, -0.2) is 95.0 Å². The molecule has 1 aromatic heterocycles. The molecule has 15 rings (SSSR count). The van der Waals surface area contributed by atoms with Crippen LogP contribution in [0.2, 0.25) is 0 Å². The highest BCUT2D eigenvalue weighted by atomic mass is 33.1. The number of ether oxygens (including phenoxy) is 1. The van der Waals surface area contributed by atoms with E-state index in [0.717, 1.165) is 103 Å². The number of aliphatic hydroxyl groups is 4. The number of nitrogens with two attached hydrogens (primary N) is 2. The molecule has 7 aliphatic carbocycles. The first-order valence-corrected chi connectivity index (χ1v) is 40.2. The molecule has 0 radical (unpaired) electrons. The van der Waals surface area contributed by atoms with Gasteiger partial charge in [-0.25, -0.2) is 0 Å². The minimum Gasteiger partial charge on any atom is -0.508 e. The Morgan fingerprint density at radius 3 is 2.27 bits per heavy atom. The lowest BCUT2D eigenvalue weighted by atomic mass is 9.58. The molecule has 13 atom stereocenters. The first-order valence-electron chi connectivity index (χ1n) is 35.3. The molecule has 0 amide bonds. The number of phenols is 2. The highest BCUT2D eigenvalue weighted by Gasteiger charge is 2.56. The number of rotatable bonds is 2. The molecule has 5 aromatic carbocycles. The second-order valence-electron chi connectivity index (χ2n) is 29.8. The molecule has 1 saturated heterocycles. The van der Waals surface area contributed by atoms with Gasteiger partial charge in [0.15, 0.2) is 23.1 Å². The maximum atomic E-state index is 14.6. The Labute approximate surface area is 581 Å². The van der Waals surface area contributed by atoms with Crippen molar-refractivity contribution < 1.29 is 45.0 Å². The zero-order valence-corrected chi connectivity index (χ0v) is 58.2. The summed E-state index contributed by atoms with van der Waals surface area (Å²) < 4.78 is 6.32. The van der Waals surface area contributed by atoms with Crippen molar-refractivity contribution in [2.24, 2.45) is 58.3 Å². The maximum Gasteiger partial charge on any atom is 0.165 e. The van der Waals surface area contributed by atoms with Gasteiger partial charge in [-0.3, -0.25) is 9.59 Å². The van der Waals surface area contributed by atoms with Gasteiger partial charge in [-0.15, -0.1) is 0 Å². The molecular weight excluding hydrogens is 1280 g/mol. The van der Waals surface area contributed by atoms with Gasteiger partial charge in [0.05, 0.1) is 43.1 Å². The number of H-pyrrole nitrogens is 1. The van der Waals surface area contributed by atoms with E-state index in [9.17, 15) is 40.2 Å². The monoisotopic (exact) mass is 1370 g/mol. The number of Topliss-reactive ketones (excluding diaryl/α,β-unsaturated/α-hetero) is 1. The zero-order valence-electron chi connectivity index (χ0n) is 54.9. The molecule has 3 saturated carbocycles. The van der Waals surface area contributed by atoms with Crippen LogP contribution in [0.3, 0.4) is 0 Å². The number of allylic oxidation sites excluding steroid dienone is 2. The van der Waals surface area contributed by atoms with Crippen LogP contribution in [0.4, 0.5) is 0 Å². The average molecular weight is 1370 g/mol. The molecule has 2 aliphatic heterocycles. The van der Waals surface area contributed by atoms with E-state index in [4.69, 9.17) is 16.2 Å². The van der Waals surface area contributed by atoms with Crippen LogP contribution < -0.4 is 16.2 Å². The second kappa shape index (κ2) is 29.0. The van der Waals surface area contributed by atoms with E-state index in [0.29, 0.717) is 91.1 Å². The Hall–Kier alpha value is -5.42. The zero-order chi connectivity index (χ0) is 66.3. The maximum absolute atomic E-state index is 14.6. The van der Waals surface area contributed by atoms with Crippen LogP contribution in [0.15, 0.2) is 115 Å². The highest BCUT2D eigenvalue weighted by molar-refractivity contribution is 8.77. The normalized spacial score (nSPS) is 31.3. The number of nitrogens with one attached hydrogen (secondary N) is 1. The van der Waals surface area contributed by atoms with Crippen molar-refractivity contribution in [1.82, 2.24) is 4.98 Å². The molecule has 3 heterocycles. The Balaban J connectivity index is 0.846. The van der Waals surface area contributed by atoms with Gasteiger partial charge in [-0.1, -0.05) is 141 Å². The van der Waals surface area contributed by atoms with Crippen LogP contribution in [0.5, 0.6) is 17.2 Å². The van der Waals surface area contributed by atoms with Crippen molar-refractivity contribution in [2.75, 3.05) is 30.5 Å². The molecule has 13 unspecified atom stereocenters. The summed E-state index contributed by atoms with van der Waals surface area (Å²) in [6.45, 7) is 0.230. The molecule has 16 heteroatoms. The van der Waals surface area contributed by atoms with E-state index < -0.39 is 34.8 Å². The molecule has 4 fully saturated rings. The molecule has 506 valence electrons. The standard InChI is InChI=1S/C80H93N3O9S4/c81-77(82)65-35-55-5-2-6-71-62(25-29-83-71)74(88)38-67-63(55)37-58(65)43-93-94-44-59-41-78(28-24-60(85)19-14-51-17-22-73(87)75(34-51)92-30-26-52-16-21-72(86)68(67)32-52)27-23-56-40-79(90)39-53-3-1-4-54(76(79)89)18-13-49-9-7-48(8-10-49)11-12-50-15-20-61-57(31-50)36-64(56)66(33-53)70(69(61)42-84)45-95-96-47-80(59,91)46-78/h7-10,15-17,20-22,24-25,28-29,31-32,34-35,37,53-54,56,59,64,66-67,69-70,76-77,83-84,86-87,89-91H,1,3-4,6,11-14,18-19,23,26-27,30,33,36,38-47,81-82H2. The van der Waals surface area contributed by atoms with Gasteiger partial charge in [0.25, 0.3) is 0 Å². The summed E-state index contributed by atoms with van der Waals surface area (Å²) in [6, 6.07) is 32.7. The number of aliphatic hydroxyl groups excluding tert-OH is 2. The molecule has 96 heavy (non-hydrogen) atoms. The number of fused-ring (bicyclic) bond motifs is 15. The summed E-state index contributed by atoms with van der Waals surface area (Å²) in [5.74, 6) is 9.12. The third-order valence-electron chi connectivity index (χ3n) is 23.8. The predicted octanol–water partition coefficient (Wildman–Crippen LogP) is 13.8. The third kappa shape index (κ3) is 14.5. The Bertz CT molecular complexity index is 3940. The number of aromatic hydroxyl groups is 2. The van der Waals surface area contributed by atoms with E-state index >= 15 is 0 Å².